The van der Waals surface area contributed by atoms with Gasteiger partial charge >= 0.3 is 0 Å². The fraction of sp³-hybridized carbons (Fsp3) is 0.217. The van der Waals surface area contributed by atoms with Crippen LogP contribution in [-0.2, 0) is 11.3 Å². The third kappa shape index (κ3) is 5.12. The third-order valence-electron chi connectivity index (χ3n) is 5.08. The second-order valence-electron chi connectivity index (χ2n) is 7.18. The number of thiazole rings is 1. The van der Waals surface area contributed by atoms with Crippen molar-refractivity contribution in [1.29, 1.82) is 0 Å². The molecule has 1 amide bonds. The van der Waals surface area contributed by atoms with E-state index in [0.29, 0.717) is 22.3 Å². The van der Waals surface area contributed by atoms with Gasteiger partial charge in [-0.15, -0.1) is 11.3 Å². The van der Waals surface area contributed by atoms with Gasteiger partial charge in [-0.1, -0.05) is 0 Å². The van der Waals surface area contributed by atoms with Gasteiger partial charge in [0.1, 0.15) is 11.5 Å². The van der Waals surface area contributed by atoms with Gasteiger partial charge in [0.25, 0.3) is 0 Å². The van der Waals surface area contributed by atoms with Crippen molar-refractivity contribution in [2.75, 3.05) is 19.5 Å². The van der Waals surface area contributed by atoms with Crippen LogP contribution >= 0.6 is 23.6 Å². The van der Waals surface area contributed by atoms with Crippen LogP contribution in [0.3, 0.4) is 0 Å². The molecule has 2 N–H and O–H groups in total. The number of nitrogens with one attached hydrogen (secondary N) is 2. The van der Waals surface area contributed by atoms with Crippen LogP contribution in [0.15, 0.2) is 48.5 Å². The van der Waals surface area contributed by atoms with Crippen molar-refractivity contribution in [3.05, 3.63) is 58.2 Å². The van der Waals surface area contributed by atoms with E-state index >= 15 is 0 Å². The Labute approximate surface area is 200 Å². The van der Waals surface area contributed by atoms with E-state index in [1.807, 2.05) is 60.0 Å². The average Bonchev–Trinajstić information content (AvgIpc) is 3.39. The molecule has 0 aliphatic heterocycles. The molecule has 0 atom stereocenters. The molecule has 0 radical (unpaired) electrons. The number of aromatic amines is 1. The Morgan fingerprint density at radius 2 is 1.67 bits per heavy atom. The second kappa shape index (κ2) is 9.97. The molecule has 2 heterocycles. The van der Waals surface area contributed by atoms with E-state index in [0.717, 1.165) is 33.2 Å². The SMILES string of the molecule is COc1ccc(-c2nc(NC(=O)CCn3c(-c4ccc(OC)cc4)n[nH]c3=S)sc2C)cc1. The molecule has 0 aliphatic rings. The summed E-state index contributed by atoms with van der Waals surface area (Å²) < 4.78 is 12.7. The Balaban J connectivity index is 1.43. The van der Waals surface area contributed by atoms with Gasteiger partial charge in [0, 0.05) is 29.0 Å². The quantitative estimate of drug-likeness (QED) is 0.341. The summed E-state index contributed by atoms with van der Waals surface area (Å²) in [5, 5.41) is 10.6. The molecule has 0 saturated heterocycles. The van der Waals surface area contributed by atoms with Crippen molar-refractivity contribution in [2.24, 2.45) is 0 Å². The highest BCUT2D eigenvalue weighted by Crippen LogP contribution is 2.31. The Morgan fingerprint density at radius 3 is 2.27 bits per heavy atom. The smallest absolute Gasteiger partial charge is 0.227 e. The van der Waals surface area contributed by atoms with E-state index in [9.17, 15) is 4.79 Å². The van der Waals surface area contributed by atoms with Gasteiger partial charge in [0.15, 0.2) is 15.7 Å². The van der Waals surface area contributed by atoms with E-state index in [4.69, 9.17) is 21.7 Å². The lowest BCUT2D eigenvalue weighted by Gasteiger charge is -2.07. The summed E-state index contributed by atoms with van der Waals surface area (Å²) in [6.07, 6.45) is 0.230. The van der Waals surface area contributed by atoms with Crippen LogP contribution in [0.5, 0.6) is 11.5 Å². The zero-order chi connectivity index (χ0) is 23.4. The van der Waals surface area contributed by atoms with Gasteiger partial charge in [-0.2, -0.15) is 5.10 Å². The van der Waals surface area contributed by atoms with E-state index in [2.05, 4.69) is 20.5 Å². The van der Waals surface area contributed by atoms with Crippen LogP contribution in [0.25, 0.3) is 22.6 Å². The number of carbonyl (C=O) groups excluding carboxylic acids is 1. The Bertz CT molecular complexity index is 1310. The van der Waals surface area contributed by atoms with Crippen molar-refractivity contribution < 1.29 is 14.3 Å². The highest BCUT2D eigenvalue weighted by Gasteiger charge is 2.14. The van der Waals surface area contributed by atoms with Crippen LogP contribution in [0, 0.1) is 11.7 Å². The fourth-order valence-corrected chi connectivity index (χ4v) is 4.42. The van der Waals surface area contributed by atoms with Crippen LogP contribution in [0.1, 0.15) is 11.3 Å². The lowest BCUT2D eigenvalue weighted by Crippen LogP contribution is -2.15. The number of benzene rings is 2. The standard InChI is InChI=1S/C23H23N5O3S2/c1-14-20(15-4-8-17(30-2)9-5-15)25-22(33-14)24-19(29)12-13-28-21(26-27-23(28)32)16-6-10-18(31-3)11-7-16/h4-11H,12-13H2,1-3H3,(H,27,32)(H,24,25,29). The van der Waals surface area contributed by atoms with Crippen molar-refractivity contribution in [2.45, 2.75) is 19.9 Å². The predicted octanol–water partition coefficient (Wildman–Crippen LogP) is 5.09. The minimum absolute atomic E-state index is 0.145. The number of aromatic nitrogens is 4. The molecular weight excluding hydrogens is 458 g/mol. The number of rotatable bonds is 8. The minimum atomic E-state index is -0.145. The number of aryl methyl sites for hydroxylation is 1. The number of amides is 1. The number of methoxy groups -OCH3 is 2. The molecule has 170 valence electrons. The molecule has 0 aliphatic carbocycles. The van der Waals surface area contributed by atoms with Crippen molar-refractivity contribution in [3.63, 3.8) is 0 Å². The van der Waals surface area contributed by atoms with Crippen molar-refractivity contribution >= 4 is 34.6 Å². The molecule has 10 heteroatoms. The Kier molecular flexibility index (Phi) is 6.85. The van der Waals surface area contributed by atoms with Crippen LogP contribution < -0.4 is 14.8 Å². The van der Waals surface area contributed by atoms with Gasteiger partial charge in [-0.25, -0.2) is 4.98 Å². The largest absolute Gasteiger partial charge is 0.497 e. The fourth-order valence-electron chi connectivity index (χ4n) is 3.35. The van der Waals surface area contributed by atoms with Gasteiger partial charge in [0.2, 0.25) is 5.91 Å². The summed E-state index contributed by atoms with van der Waals surface area (Å²) in [5.74, 6) is 2.06. The molecule has 0 spiro atoms. The lowest BCUT2D eigenvalue weighted by atomic mass is 10.1. The summed E-state index contributed by atoms with van der Waals surface area (Å²) in [5.41, 5.74) is 2.69. The number of ether oxygens (including phenoxy) is 2. The normalized spacial score (nSPS) is 10.8. The van der Waals surface area contributed by atoms with Crippen molar-refractivity contribution in [3.8, 4) is 34.1 Å². The Hall–Kier alpha value is -3.50. The first-order valence-corrected chi connectivity index (χ1v) is 11.4. The van der Waals surface area contributed by atoms with Gasteiger partial charge in [-0.3, -0.25) is 14.5 Å². The van der Waals surface area contributed by atoms with Crippen LogP contribution in [0.4, 0.5) is 5.13 Å². The van der Waals surface area contributed by atoms with Crippen molar-refractivity contribution in [1.82, 2.24) is 19.7 Å². The van der Waals surface area contributed by atoms with Gasteiger partial charge in [-0.05, 0) is 67.7 Å². The zero-order valence-corrected chi connectivity index (χ0v) is 20.0. The summed E-state index contributed by atoms with van der Waals surface area (Å²) in [6.45, 7) is 2.37. The minimum Gasteiger partial charge on any atom is -0.497 e. The Morgan fingerprint density at radius 1 is 1.06 bits per heavy atom. The highest BCUT2D eigenvalue weighted by molar-refractivity contribution is 7.71. The van der Waals surface area contributed by atoms with Crippen LogP contribution in [-0.4, -0.2) is 39.9 Å². The second-order valence-corrected chi connectivity index (χ2v) is 8.77. The topological polar surface area (TPSA) is 94.1 Å². The summed E-state index contributed by atoms with van der Waals surface area (Å²) in [6, 6.07) is 15.2. The average molecular weight is 482 g/mol. The first-order chi connectivity index (χ1) is 16.0. The number of anilines is 1. The van der Waals surface area contributed by atoms with Gasteiger partial charge < -0.3 is 14.8 Å². The van der Waals surface area contributed by atoms with Gasteiger partial charge in [0.05, 0.1) is 19.9 Å². The molecular formula is C23H23N5O3S2. The van der Waals surface area contributed by atoms with Crippen LogP contribution in [0.2, 0.25) is 0 Å². The maximum atomic E-state index is 12.6. The molecule has 8 nitrogen and oxygen atoms in total. The number of hydrogen-bond donors (Lipinski definition) is 2. The molecule has 0 saturated carbocycles. The molecule has 0 bridgehead atoms. The number of hydrogen-bond acceptors (Lipinski definition) is 7. The van der Waals surface area contributed by atoms with E-state index < -0.39 is 0 Å². The first kappa shape index (κ1) is 22.7. The monoisotopic (exact) mass is 481 g/mol. The number of carbonyl (C=O) groups is 1. The summed E-state index contributed by atoms with van der Waals surface area (Å²) in [4.78, 5) is 18.3. The zero-order valence-electron chi connectivity index (χ0n) is 18.4. The molecule has 4 rings (SSSR count). The number of nitrogens with zero attached hydrogens (tertiary/aromatic N) is 3. The molecule has 4 aromatic rings. The molecule has 0 fully saturated rings. The van der Waals surface area contributed by atoms with E-state index in [1.165, 1.54) is 11.3 Å². The first-order valence-electron chi connectivity index (χ1n) is 10.2. The lowest BCUT2D eigenvalue weighted by molar-refractivity contribution is -0.116. The highest BCUT2D eigenvalue weighted by atomic mass is 32.1. The molecule has 2 aromatic heterocycles. The molecule has 33 heavy (non-hydrogen) atoms. The molecule has 0 unspecified atom stereocenters. The van der Waals surface area contributed by atoms with E-state index in [1.54, 1.807) is 14.2 Å². The third-order valence-corrected chi connectivity index (χ3v) is 6.27. The number of H-pyrrole nitrogens is 1. The summed E-state index contributed by atoms with van der Waals surface area (Å²) in [7, 11) is 3.25. The van der Waals surface area contributed by atoms with E-state index in [-0.39, 0.29) is 12.3 Å². The molecule has 2 aromatic carbocycles. The maximum Gasteiger partial charge on any atom is 0.227 e. The predicted molar refractivity (Wildman–Crippen MR) is 131 cm³/mol. The summed E-state index contributed by atoms with van der Waals surface area (Å²) >= 11 is 6.81. The maximum absolute atomic E-state index is 12.6.